The molecule has 0 amide bonds. The Balaban J connectivity index is 10.8. The van der Waals surface area contributed by atoms with E-state index < -0.39 is 0 Å². The summed E-state index contributed by atoms with van der Waals surface area (Å²) in [6, 6.07) is 0. The van der Waals surface area contributed by atoms with Crippen molar-refractivity contribution in [1.82, 2.24) is 0 Å². The number of hydrogen-bond donors (Lipinski definition) is 0. The maximum atomic E-state index is 5.90. The second-order valence-electron chi connectivity index (χ2n) is 27.0. The first-order valence-corrected chi connectivity index (χ1v) is 37.1. The molecule has 1 radical (unpaired) electrons. The Morgan fingerprint density at radius 1 is 0.362 bits per heavy atom. The van der Waals surface area contributed by atoms with Crippen LogP contribution in [0.15, 0.2) is 60.8 Å². The van der Waals surface area contributed by atoms with Crippen molar-refractivity contribution in [2.75, 3.05) is 0 Å². The van der Waals surface area contributed by atoms with Crippen LogP contribution in [0.3, 0.4) is 0 Å². The highest BCUT2D eigenvalue weighted by Crippen LogP contribution is 2.72. The van der Waals surface area contributed by atoms with E-state index in [2.05, 4.69) is 151 Å². The van der Waals surface area contributed by atoms with E-state index in [4.69, 9.17) is 6.58 Å². The normalized spacial score (nSPS) is 16.7. The molecule has 0 fully saturated rings. The van der Waals surface area contributed by atoms with E-state index >= 15 is 0 Å². The maximum Gasteiger partial charge on any atom is 0.0156 e. The van der Waals surface area contributed by atoms with Gasteiger partial charge in [-0.3, -0.25) is 0 Å². The molecule has 0 aromatic heterocycles. The van der Waals surface area contributed by atoms with Crippen LogP contribution in [0, 0.1) is 51.8 Å². The zero-order valence-electron chi connectivity index (χ0n) is 57.9. The Morgan fingerprint density at radius 3 is 1.26 bits per heavy atom. The SMILES string of the molecule is C=C(CC(CCC)CCCCC)C(C=CCCCC)(CC(CCC)CCCCC)C(CC=CCCC)(CC(CCC)CCCCC)C(CCC=CCC)(CC(CCC)CCCCC)[C](CCCC=CC)CC(CCC)CCCCC. The van der Waals surface area contributed by atoms with E-state index in [1.54, 1.807) is 5.57 Å². The molecule has 0 aliphatic rings. The molecule has 0 saturated carbocycles. The second kappa shape index (κ2) is 53.2. The molecule has 0 heterocycles. The lowest BCUT2D eigenvalue weighted by molar-refractivity contribution is -0.0963. The first-order valence-electron chi connectivity index (χ1n) is 37.1. The molecule has 0 rings (SSSR count). The van der Waals surface area contributed by atoms with Crippen molar-refractivity contribution < 1.29 is 0 Å². The zero-order chi connectivity index (χ0) is 59.4. The number of rotatable bonds is 60. The van der Waals surface area contributed by atoms with Gasteiger partial charge in [-0.05, 0) is 143 Å². The minimum Gasteiger partial charge on any atom is -0.0990 e. The molecule has 0 saturated heterocycles. The lowest BCUT2D eigenvalue weighted by atomic mass is 9.37. The van der Waals surface area contributed by atoms with Crippen LogP contribution in [0.4, 0.5) is 0 Å². The Morgan fingerprint density at radius 2 is 0.800 bits per heavy atom. The van der Waals surface area contributed by atoms with Gasteiger partial charge < -0.3 is 0 Å². The molecule has 80 heavy (non-hydrogen) atoms. The van der Waals surface area contributed by atoms with Crippen molar-refractivity contribution in [3.8, 4) is 0 Å². The van der Waals surface area contributed by atoms with Crippen molar-refractivity contribution in [3.63, 3.8) is 0 Å². The fourth-order valence-electron chi connectivity index (χ4n) is 15.9. The smallest absolute Gasteiger partial charge is 0.0156 e. The standard InChI is InChI=1S/C80H151/c1-16-30-39-48-62-77(67-73(53-26-11)58-44-35-21-6)79(64-50-41-32-18-3,69-75(55-28-13)60-46-37-23-8)80(65-51-42-33-19-4,70-76(56-29-14)61-47-38-24-9)78(63-49-40-31-17-2,68-74(54-27-12)59-45-36-22-7)71(15)66-72(52-25-10)57-43-34-20-5/h16,30,32,41-42,49,51,63,72-76H,15,17-29,31,33-40,43-48,50,52-62,64-70H2,1-14H3. The first kappa shape index (κ1) is 78.7. The topological polar surface area (TPSA) is 0 Å². The number of allylic oxidation sites excluding steroid dienone is 9. The van der Waals surface area contributed by atoms with E-state index in [0.717, 1.165) is 18.3 Å². The van der Waals surface area contributed by atoms with Gasteiger partial charge in [0.05, 0.1) is 0 Å². The Labute approximate surface area is 508 Å². The number of hydrogen-bond acceptors (Lipinski definition) is 0. The van der Waals surface area contributed by atoms with Gasteiger partial charge in [0.25, 0.3) is 0 Å². The zero-order valence-corrected chi connectivity index (χ0v) is 57.9. The molecule has 471 valence electrons. The fourth-order valence-corrected chi connectivity index (χ4v) is 15.9. The third-order valence-corrected chi connectivity index (χ3v) is 20.0. The van der Waals surface area contributed by atoms with Crippen LogP contribution in [-0.4, -0.2) is 0 Å². The third kappa shape index (κ3) is 31.2. The van der Waals surface area contributed by atoms with E-state index in [1.165, 1.54) is 295 Å². The molecule has 0 aliphatic heterocycles. The van der Waals surface area contributed by atoms with Crippen LogP contribution in [0.1, 0.15) is 399 Å². The van der Waals surface area contributed by atoms with Gasteiger partial charge in [0.1, 0.15) is 0 Å². The highest BCUT2D eigenvalue weighted by molar-refractivity contribution is 5.34. The van der Waals surface area contributed by atoms with Gasteiger partial charge in [-0.1, -0.05) is 363 Å². The van der Waals surface area contributed by atoms with Gasteiger partial charge in [-0.25, -0.2) is 0 Å². The minimum atomic E-state index is -0.136. The summed E-state index contributed by atoms with van der Waals surface area (Å²) < 4.78 is 0. The van der Waals surface area contributed by atoms with Crippen molar-refractivity contribution in [2.24, 2.45) is 45.8 Å². The van der Waals surface area contributed by atoms with Crippen molar-refractivity contribution >= 4 is 0 Å². The van der Waals surface area contributed by atoms with Crippen LogP contribution >= 0.6 is 0 Å². The summed E-state index contributed by atoms with van der Waals surface area (Å²) in [7, 11) is 0. The molecular formula is C80H151. The van der Waals surface area contributed by atoms with Gasteiger partial charge in [-0.2, -0.15) is 0 Å². The Kier molecular flexibility index (Phi) is 52.3. The van der Waals surface area contributed by atoms with Gasteiger partial charge in [0.2, 0.25) is 0 Å². The largest absolute Gasteiger partial charge is 0.0990 e. The minimum absolute atomic E-state index is 0.0278. The summed E-state index contributed by atoms with van der Waals surface area (Å²) in [5.41, 5.74) is 1.57. The molecule has 0 aromatic carbocycles. The summed E-state index contributed by atoms with van der Waals surface area (Å²) in [6.07, 6.45) is 83.7. The monoisotopic (exact) mass is 1110 g/mol. The average Bonchev–Trinajstić information content (AvgIpc) is 3.45. The van der Waals surface area contributed by atoms with Crippen LogP contribution < -0.4 is 0 Å². The van der Waals surface area contributed by atoms with Gasteiger partial charge >= 0.3 is 0 Å². The molecule has 0 aromatic rings. The first-order chi connectivity index (χ1) is 39.0. The highest BCUT2D eigenvalue weighted by Gasteiger charge is 2.64. The predicted octanol–water partition coefficient (Wildman–Crippen LogP) is 29.0. The Bertz CT molecular complexity index is 1460. The molecule has 8 unspecified atom stereocenters. The summed E-state index contributed by atoms with van der Waals surface area (Å²) in [6.45, 7) is 40.3. The van der Waals surface area contributed by atoms with E-state index in [1.807, 2.05) is 0 Å². The van der Waals surface area contributed by atoms with Gasteiger partial charge in [0, 0.05) is 5.41 Å². The molecule has 0 spiro atoms. The lowest BCUT2D eigenvalue weighted by Gasteiger charge is -2.66. The van der Waals surface area contributed by atoms with E-state index in [9.17, 15) is 0 Å². The highest BCUT2D eigenvalue weighted by atomic mass is 14.7. The van der Waals surface area contributed by atoms with Gasteiger partial charge in [0.15, 0.2) is 0 Å². The van der Waals surface area contributed by atoms with Crippen LogP contribution in [0.2, 0.25) is 0 Å². The third-order valence-electron chi connectivity index (χ3n) is 20.0. The molecule has 0 bridgehead atoms. The summed E-state index contributed by atoms with van der Waals surface area (Å²) in [5, 5.41) is 0. The summed E-state index contributed by atoms with van der Waals surface area (Å²) >= 11 is 0. The number of unbranched alkanes of at least 4 members (excludes halogenated alkanes) is 14. The summed E-state index contributed by atoms with van der Waals surface area (Å²) in [4.78, 5) is 0. The van der Waals surface area contributed by atoms with Crippen LogP contribution in [0.25, 0.3) is 0 Å². The molecule has 0 aliphatic carbocycles. The molecular weight excluding hydrogens is 961 g/mol. The van der Waals surface area contributed by atoms with Crippen LogP contribution in [-0.2, 0) is 0 Å². The Hall–Kier alpha value is -1.30. The quantitative estimate of drug-likeness (QED) is 0.0421. The fraction of sp³-hybridized carbons (Fsp3) is 0.863. The maximum absolute atomic E-state index is 5.90. The molecule has 0 heteroatoms. The van der Waals surface area contributed by atoms with Crippen LogP contribution in [0.5, 0.6) is 0 Å². The van der Waals surface area contributed by atoms with Crippen molar-refractivity contribution in [1.29, 1.82) is 0 Å². The predicted molar refractivity (Wildman–Crippen MR) is 370 cm³/mol. The molecule has 0 nitrogen and oxygen atoms in total. The summed E-state index contributed by atoms with van der Waals surface area (Å²) in [5.74, 6) is 5.66. The van der Waals surface area contributed by atoms with E-state index in [-0.39, 0.29) is 16.2 Å². The molecule has 8 atom stereocenters. The average molecular weight is 1110 g/mol. The van der Waals surface area contributed by atoms with Crippen molar-refractivity contribution in [3.05, 3.63) is 66.7 Å². The lowest BCUT2D eigenvalue weighted by Crippen LogP contribution is -2.59. The van der Waals surface area contributed by atoms with E-state index in [0.29, 0.717) is 17.8 Å². The van der Waals surface area contributed by atoms with Crippen molar-refractivity contribution in [2.45, 2.75) is 399 Å². The molecule has 0 N–H and O–H groups in total. The van der Waals surface area contributed by atoms with Gasteiger partial charge in [-0.15, -0.1) is 0 Å². The second-order valence-corrected chi connectivity index (χ2v) is 27.0.